The zero-order valence-corrected chi connectivity index (χ0v) is 11.5. The molecule has 2 N–H and O–H groups in total. The van der Waals surface area contributed by atoms with Crippen molar-refractivity contribution in [3.63, 3.8) is 0 Å². The van der Waals surface area contributed by atoms with Crippen LogP contribution < -0.4 is 0 Å². The van der Waals surface area contributed by atoms with Gasteiger partial charge in [0.15, 0.2) is 0 Å². The van der Waals surface area contributed by atoms with Gasteiger partial charge in [-0.05, 0) is 24.7 Å². The number of aliphatic hydroxyl groups is 2. The Bertz CT molecular complexity index is 418. The summed E-state index contributed by atoms with van der Waals surface area (Å²) in [6.07, 6.45) is -0.00463. The first-order chi connectivity index (χ1) is 8.91. The number of rotatable bonds is 0. The number of hydrogen-bond acceptors (Lipinski definition) is 4. The molecule has 0 aromatic rings. The van der Waals surface area contributed by atoms with Crippen LogP contribution in [0, 0.1) is 29.6 Å². The summed E-state index contributed by atoms with van der Waals surface area (Å²) in [4.78, 5) is 11.8. The summed E-state index contributed by atoms with van der Waals surface area (Å²) >= 11 is 0. The van der Waals surface area contributed by atoms with Crippen LogP contribution in [0.4, 0.5) is 0 Å². The number of hydrogen-bond donors (Lipinski definition) is 2. The predicted octanol–water partition coefficient (Wildman–Crippen LogP) is 1.12. The van der Waals surface area contributed by atoms with Gasteiger partial charge in [-0.1, -0.05) is 26.0 Å². The summed E-state index contributed by atoms with van der Waals surface area (Å²) in [5.74, 6) is -0.304. The van der Waals surface area contributed by atoms with Crippen molar-refractivity contribution in [2.45, 2.75) is 45.0 Å². The highest BCUT2D eigenvalue weighted by molar-refractivity contribution is 5.75. The quantitative estimate of drug-likeness (QED) is 0.509. The molecule has 8 atom stereocenters. The summed E-state index contributed by atoms with van der Waals surface area (Å²) in [7, 11) is 0. The van der Waals surface area contributed by atoms with Crippen LogP contribution in [0.1, 0.15) is 26.7 Å². The van der Waals surface area contributed by atoms with E-state index in [1.807, 2.05) is 13.8 Å². The highest BCUT2D eigenvalue weighted by atomic mass is 16.6. The highest BCUT2D eigenvalue weighted by Crippen LogP contribution is 2.52. The maximum absolute atomic E-state index is 11.8. The fourth-order valence-corrected chi connectivity index (χ4v) is 4.43. The van der Waals surface area contributed by atoms with Gasteiger partial charge < -0.3 is 14.9 Å². The topological polar surface area (TPSA) is 66.8 Å². The summed E-state index contributed by atoms with van der Waals surface area (Å²) in [5, 5.41) is 20.5. The van der Waals surface area contributed by atoms with Gasteiger partial charge in [0.25, 0.3) is 0 Å². The van der Waals surface area contributed by atoms with Gasteiger partial charge in [-0.15, -0.1) is 0 Å². The molecule has 2 aliphatic carbocycles. The lowest BCUT2D eigenvalue weighted by Gasteiger charge is -2.30. The van der Waals surface area contributed by atoms with E-state index in [-0.39, 0.29) is 47.8 Å². The minimum absolute atomic E-state index is 0.0812. The Kier molecular flexibility index (Phi) is 2.98. The van der Waals surface area contributed by atoms with Crippen LogP contribution in [-0.4, -0.2) is 34.5 Å². The Hall–Kier alpha value is -0.870. The van der Waals surface area contributed by atoms with Crippen molar-refractivity contribution in [3.8, 4) is 0 Å². The van der Waals surface area contributed by atoms with E-state index in [0.717, 1.165) is 5.57 Å². The number of fused-ring (bicyclic) bond motifs is 3. The van der Waals surface area contributed by atoms with Gasteiger partial charge in [-0.2, -0.15) is 0 Å². The smallest absolute Gasteiger partial charge is 0.309 e. The van der Waals surface area contributed by atoms with E-state index in [9.17, 15) is 15.0 Å². The van der Waals surface area contributed by atoms with Gasteiger partial charge in [0, 0.05) is 11.8 Å². The second kappa shape index (κ2) is 4.32. The van der Waals surface area contributed by atoms with Crippen molar-refractivity contribution in [2.75, 3.05) is 0 Å². The zero-order valence-electron chi connectivity index (χ0n) is 11.5. The molecule has 0 unspecified atom stereocenters. The van der Waals surface area contributed by atoms with Crippen molar-refractivity contribution in [1.82, 2.24) is 0 Å². The Morgan fingerprint density at radius 2 is 1.89 bits per heavy atom. The molecule has 0 aromatic heterocycles. The van der Waals surface area contributed by atoms with Crippen LogP contribution in [0.3, 0.4) is 0 Å². The first kappa shape index (κ1) is 13.1. The van der Waals surface area contributed by atoms with Gasteiger partial charge >= 0.3 is 5.97 Å². The maximum atomic E-state index is 11.8. The van der Waals surface area contributed by atoms with Crippen LogP contribution in [0.15, 0.2) is 12.2 Å². The Balaban J connectivity index is 2.00. The summed E-state index contributed by atoms with van der Waals surface area (Å²) in [6, 6.07) is 0. The third kappa shape index (κ3) is 1.77. The molecular formula is C15H22O4. The zero-order chi connectivity index (χ0) is 13.9. The van der Waals surface area contributed by atoms with Crippen molar-refractivity contribution in [3.05, 3.63) is 12.2 Å². The molecule has 3 aliphatic rings. The van der Waals surface area contributed by atoms with E-state index in [2.05, 4.69) is 6.58 Å². The molecule has 0 spiro atoms. The van der Waals surface area contributed by atoms with E-state index in [0.29, 0.717) is 12.8 Å². The molecule has 4 nitrogen and oxygen atoms in total. The normalized spacial score (nSPS) is 53.5. The molecule has 3 fully saturated rings. The number of aliphatic hydroxyl groups excluding tert-OH is 2. The van der Waals surface area contributed by atoms with E-state index in [4.69, 9.17) is 4.74 Å². The Morgan fingerprint density at radius 1 is 1.21 bits per heavy atom. The molecule has 3 rings (SSSR count). The minimum Gasteiger partial charge on any atom is -0.461 e. The van der Waals surface area contributed by atoms with Crippen LogP contribution in [0.2, 0.25) is 0 Å². The van der Waals surface area contributed by atoms with Crippen LogP contribution in [0.5, 0.6) is 0 Å². The van der Waals surface area contributed by atoms with E-state index in [1.165, 1.54) is 0 Å². The van der Waals surface area contributed by atoms with E-state index in [1.54, 1.807) is 0 Å². The molecule has 4 heteroatoms. The molecule has 1 aliphatic heterocycles. The van der Waals surface area contributed by atoms with Crippen LogP contribution in [-0.2, 0) is 9.53 Å². The molecule has 1 saturated heterocycles. The average Bonchev–Trinajstić information content (AvgIpc) is 2.75. The number of ether oxygens (including phenoxy) is 1. The standard InChI is InChI=1S/C15H22O4/c1-6-4-11(17)13-8(3)15(18)19-14(13)12-7(2)10(16)5-9(6)12/h7-14,16-17H,1,4-5H2,2-3H3/t7-,8-,9+,10+,11+,12+,13-,14-/m1/s1. The van der Waals surface area contributed by atoms with Crippen molar-refractivity contribution in [1.29, 1.82) is 0 Å². The highest BCUT2D eigenvalue weighted by Gasteiger charge is 2.57. The fourth-order valence-electron chi connectivity index (χ4n) is 4.43. The number of carbonyl (C=O) groups excluding carboxylic acids is 1. The van der Waals surface area contributed by atoms with Crippen LogP contribution >= 0.6 is 0 Å². The van der Waals surface area contributed by atoms with Gasteiger partial charge in [-0.3, -0.25) is 4.79 Å². The predicted molar refractivity (Wildman–Crippen MR) is 69.1 cm³/mol. The minimum atomic E-state index is -0.561. The molecule has 0 aromatic carbocycles. The summed E-state index contributed by atoms with van der Waals surface area (Å²) < 4.78 is 5.56. The van der Waals surface area contributed by atoms with E-state index < -0.39 is 6.10 Å². The lowest BCUT2D eigenvalue weighted by atomic mass is 9.77. The molecule has 2 saturated carbocycles. The fraction of sp³-hybridized carbons (Fsp3) is 0.800. The lowest BCUT2D eigenvalue weighted by Crippen LogP contribution is -2.37. The lowest BCUT2D eigenvalue weighted by molar-refractivity contribution is -0.146. The van der Waals surface area contributed by atoms with Gasteiger partial charge in [0.1, 0.15) is 6.10 Å². The largest absolute Gasteiger partial charge is 0.461 e. The Morgan fingerprint density at radius 3 is 2.58 bits per heavy atom. The maximum Gasteiger partial charge on any atom is 0.309 e. The van der Waals surface area contributed by atoms with Gasteiger partial charge in [0.2, 0.25) is 0 Å². The molecule has 0 radical (unpaired) electrons. The monoisotopic (exact) mass is 266 g/mol. The number of carbonyl (C=O) groups is 1. The summed E-state index contributed by atoms with van der Waals surface area (Å²) in [6.45, 7) is 7.93. The first-order valence-corrected chi connectivity index (χ1v) is 7.16. The molecule has 1 heterocycles. The van der Waals surface area contributed by atoms with Gasteiger partial charge in [-0.25, -0.2) is 0 Å². The van der Waals surface area contributed by atoms with Crippen molar-refractivity contribution < 1.29 is 19.7 Å². The van der Waals surface area contributed by atoms with Gasteiger partial charge in [0.05, 0.1) is 18.1 Å². The molecule has 0 amide bonds. The molecule has 0 bridgehead atoms. The summed E-state index contributed by atoms with van der Waals surface area (Å²) in [5.41, 5.74) is 0.999. The average molecular weight is 266 g/mol. The second-order valence-electron chi connectivity index (χ2n) is 6.54. The van der Waals surface area contributed by atoms with Crippen LogP contribution in [0.25, 0.3) is 0 Å². The van der Waals surface area contributed by atoms with Crippen molar-refractivity contribution in [2.24, 2.45) is 29.6 Å². The number of esters is 1. The van der Waals surface area contributed by atoms with Crippen molar-refractivity contribution >= 4 is 5.97 Å². The third-order valence-corrected chi connectivity index (χ3v) is 5.57. The first-order valence-electron chi connectivity index (χ1n) is 7.16. The SMILES string of the molecule is C=C1C[C@H](O)[C@@H]2[C@H](OC(=O)[C@@H]2C)[C@H]2[C@H](C)[C@@H](O)C[C@@H]12. The third-order valence-electron chi connectivity index (χ3n) is 5.57. The van der Waals surface area contributed by atoms with E-state index >= 15 is 0 Å². The second-order valence-corrected chi connectivity index (χ2v) is 6.54. The Labute approximate surface area is 113 Å². The molecule has 19 heavy (non-hydrogen) atoms. The molecular weight excluding hydrogens is 244 g/mol. The molecule has 106 valence electrons.